The fourth-order valence-electron chi connectivity index (χ4n) is 1.52. The second kappa shape index (κ2) is 4.51. The number of terminal acetylenes is 1. The van der Waals surface area contributed by atoms with Crippen LogP contribution in [0.15, 0.2) is 24.3 Å². The van der Waals surface area contributed by atoms with Crippen molar-refractivity contribution in [2.75, 3.05) is 0 Å². The van der Waals surface area contributed by atoms with Crippen LogP contribution in [0.5, 0.6) is 0 Å². The lowest BCUT2D eigenvalue weighted by molar-refractivity contribution is 0.431. The van der Waals surface area contributed by atoms with E-state index in [9.17, 15) is 0 Å². The lowest BCUT2D eigenvalue weighted by Crippen LogP contribution is -2.39. The molecule has 0 aliphatic rings. The van der Waals surface area contributed by atoms with Crippen molar-refractivity contribution in [3.05, 3.63) is 35.4 Å². The third-order valence-corrected chi connectivity index (χ3v) is 2.52. The highest BCUT2D eigenvalue weighted by Gasteiger charge is 2.17. The van der Waals surface area contributed by atoms with Gasteiger partial charge in [0.1, 0.15) is 0 Å². The lowest BCUT2D eigenvalue weighted by Gasteiger charge is -2.25. The van der Waals surface area contributed by atoms with Crippen molar-refractivity contribution in [1.82, 2.24) is 5.32 Å². The summed E-state index contributed by atoms with van der Waals surface area (Å²) in [5.41, 5.74) is 2.29. The van der Waals surface area contributed by atoms with Gasteiger partial charge in [-0.1, -0.05) is 35.7 Å². The van der Waals surface area contributed by atoms with Crippen molar-refractivity contribution >= 4 is 0 Å². The molecule has 0 radical (unpaired) electrons. The third-order valence-electron chi connectivity index (χ3n) is 2.52. The van der Waals surface area contributed by atoms with Crippen molar-refractivity contribution in [2.24, 2.45) is 0 Å². The Morgan fingerprint density at radius 1 is 1.27 bits per heavy atom. The Kier molecular flexibility index (Phi) is 3.55. The molecule has 1 atom stereocenters. The van der Waals surface area contributed by atoms with E-state index in [0.717, 1.165) is 0 Å². The Bertz CT molecular complexity index is 354. The van der Waals surface area contributed by atoms with Crippen LogP contribution in [0, 0.1) is 19.3 Å². The fraction of sp³-hybridized carbons (Fsp3) is 0.429. The van der Waals surface area contributed by atoms with Gasteiger partial charge in [0.2, 0.25) is 0 Å². The summed E-state index contributed by atoms with van der Waals surface area (Å²) in [6, 6.07) is 8.79. The minimum absolute atomic E-state index is 0.260. The molecule has 0 fully saturated rings. The van der Waals surface area contributed by atoms with Gasteiger partial charge in [-0.2, -0.15) is 0 Å². The number of nitrogens with one attached hydrogen (secondary N) is 1. The van der Waals surface area contributed by atoms with Gasteiger partial charge in [0, 0.05) is 6.04 Å². The van der Waals surface area contributed by atoms with Crippen LogP contribution in [-0.4, -0.2) is 5.54 Å². The molecule has 80 valence electrons. The molecule has 1 aromatic carbocycles. The molecule has 0 spiro atoms. The summed E-state index contributed by atoms with van der Waals surface area (Å²) in [4.78, 5) is 0. The highest BCUT2D eigenvalue weighted by atomic mass is 15.0. The quantitative estimate of drug-likeness (QED) is 0.741. The van der Waals surface area contributed by atoms with Gasteiger partial charge in [0.05, 0.1) is 5.54 Å². The topological polar surface area (TPSA) is 12.0 Å². The van der Waals surface area contributed by atoms with Crippen LogP contribution in [-0.2, 0) is 0 Å². The number of aryl methyl sites for hydroxylation is 1. The van der Waals surface area contributed by atoms with Gasteiger partial charge in [0.15, 0.2) is 0 Å². The monoisotopic (exact) mass is 201 g/mol. The third kappa shape index (κ3) is 3.42. The van der Waals surface area contributed by atoms with Gasteiger partial charge in [-0.15, -0.1) is 6.42 Å². The molecule has 0 saturated carbocycles. The molecule has 1 nitrogen and oxygen atoms in total. The maximum atomic E-state index is 5.44. The second-order valence-corrected chi connectivity index (χ2v) is 4.55. The summed E-state index contributed by atoms with van der Waals surface area (Å²) in [7, 11) is 0. The smallest absolute Gasteiger partial charge is 0.0745 e. The minimum Gasteiger partial charge on any atom is -0.295 e. The van der Waals surface area contributed by atoms with Gasteiger partial charge in [-0.3, -0.25) is 5.32 Å². The molecule has 0 amide bonds. The maximum Gasteiger partial charge on any atom is 0.0745 e. The summed E-state index contributed by atoms with van der Waals surface area (Å²) in [5.74, 6) is 2.74. The van der Waals surface area contributed by atoms with Crippen molar-refractivity contribution in [3.8, 4) is 12.3 Å². The van der Waals surface area contributed by atoms with Crippen molar-refractivity contribution < 1.29 is 0 Å². The molecule has 15 heavy (non-hydrogen) atoms. The Hall–Kier alpha value is -1.26. The molecule has 0 saturated heterocycles. The number of benzene rings is 1. The molecular formula is C14H19N. The fourth-order valence-corrected chi connectivity index (χ4v) is 1.52. The minimum atomic E-state index is -0.260. The first-order valence-corrected chi connectivity index (χ1v) is 5.26. The van der Waals surface area contributed by atoms with Crippen molar-refractivity contribution in [3.63, 3.8) is 0 Å². The van der Waals surface area contributed by atoms with E-state index in [1.165, 1.54) is 11.1 Å². The largest absolute Gasteiger partial charge is 0.295 e. The normalized spacial score (nSPS) is 13.3. The van der Waals surface area contributed by atoms with Crippen LogP contribution in [0.4, 0.5) is 0 Å². The molecule has 1 unspecified atom stereocenters. The van der Waals surface area contributed by atoms with Crippen LogP contribution in [0.25, 0.3) is 0 Å². The van der Waals surface area contributed by atoms with Gasteiger partial charge in [-0.05, 0) is 33.3 Å². The Labute approximate surface area is 92.9 Å². The first kappa shape index (κ1) is 11.8. The average molecular weight is 201 g/mol. The van der Waals surface area contributed by atoms with Crippen LogP contribution in [0.1, 0.15) is 37.9 Å². The second-order valence-electron chi connectivity index (χ2n) is 4.55. The first-order chi connectivity index (χ1) is 6.94. The van der Waals surface area contributed by atoms with Gasteiger partial charge >= 0.3 is 0 Å². The molecule has 0 bridgehead atoms. The van der Waals surface area contributed by atoms with Crippen molar-refractivity contribution in [1.29, 1.82) is 0 Å². The maximum absolute atomic E-state index is 5.44. The van der Waals surface area contributed by atoms with E-state index < -0.39 is 0 Å². The van der Waals surface area contributed by atoms with Gasteiger partial charge in [0.25, 0.3) is 0 Å². The predicted molar refractivity (Wildman–Crippen MR) is 65.6 cm³/mol. The van der Waals surface area contributed by atoms with Crippen LogP contribution >= 0.6 is 0 Å². The Balaban J connectivity index is 2.74. The standard InChI is InChI=1S/C14H19N/c1-6-14(4,5)15-12(3)13-9-7-11(2)8-10-13/h1,7-10,12,15H,2-5H3. The molecule has 1 aromatic rings. The molecule has 0 aromatic heterocycles. The highest BCUT2D eigenvalue weighted by Crippen LogP contribution is 2.16. The van der Waals surface area contributed by atoms with Gasteiger partial charge < -0.3 is 0 Å². The van der Waals surface area contributed by atoms with Crippen LogP contribution in [0.3, 0.4) is 0 Å². The molecule has 0 aliphatic carbocycles. The summed E-state index contributed by atoms with van der Waals surface area (Å²) < 4.78 is 0. The summed E-state index contributed by atoms with van der Waals surface area (Å²) >= 11 is 0. The summed E-state index contributed by atoms with van der Waals surface area (Å²) in [6.07, 6.45) is 5.44. The van der Waals surface area contributed by atoms with E-state index in [-0.39, 0.29) is 11.6 Å². The SMILES string of the molecule is C#CC(C)(C)NC(C)c1ccc(C)cc1. The molecule has 1 heteroatoms. The lowest BCUT2D eigenvalue weighted by atomic mass is 10.0. The molecule has 1 N–H and O–H groups in total. The van der Waals surface area contributed by atoms with Crippen LogP contribution < -0.4 is 5.32 Å². The van der Waals surface area contributed by atoms with Gasteiger partial charge in [-0.25, -0.2) is 0 Å². The average Bonchev–Trinajstić information content (AvgIpc) is 2.18. The Morgan fingerprint density at radius 2 is 1.80 bits per heavy atom. The first-order valence-electron chi connectivity index (χ1n) is 5.26. The number of rotatable bonds is 3. The van der Waals surface area contributed by atoms with E-state index >= 15 is 0 Å². The molecule has 1 rings (SSSR count). The Morgan fingerprint density at radius 3 is 2.27 bits per heavy atom. The van der Waals surface area contributed by atoms with E-state index in [1.54, 1.807) is 0 Å². The van der Waals surface area contributed by atoms with E-state index in [2.05, 4.69) is 49.4 Å². The summed E-state index contributed by atoms with van der Waals surface area (Å²) in [6.45, 7) is 8.24. The zero-order chi connectivity index (χ0) is 11.5. The summed E-state index contributed by atoms with van der Waals surface area (Å²) in [5, 5.41) is 3.41. The van der Waals surface area contributed by atoms with E-state index in [0.29, 0.717) is 0 Å². The zero-order valence-electron chi connectivity index (χ0n) is 9.96. The van der Waals surface area contributed by atoms with Crippen molar-refractivity contribution in [2.45, 2.75) is 39.3 Å². The predicted octanol–water partition coefficient (Wildman–Crippen LogP) is 3.06. The van der Waals surface area contributed by atoms with E-state index in [4.69, 9.17) is 6.42 Å². The molecule has 0 heterocycles. The number of hydrogen-bond acceptors (Lipinski definition) is 1. The number of hydrogen-bond donors (Lipinski definition) is 1. The van der Waals surface area contributed by atoms with E-state index in [1.807, 2.05) is 13.8 Å². The molecular weight excluding hydrogens is 182 g/mol. The zero-order valence-corrected chi connectivity index (χ0v) is 9.96. The van der Waals surface area contributed by atoms with Crippen LogP contribution in [0.2, 0.25) is 0 Å². The molecule has 0 aliphatic heterocycles. The highest BCUT2D eigenvalue weighted by molar-refractivity contribution is 5.24.